The van der Waals surface area contributed by atoms with Crippen LogP contribution in [0.25, 0.3) is 11.1 Å². The van der Waals surface area contributed by atoms with E-state index >= 15 is 0 Å². The second-order valence-corrected chi connectivity index (χ2v) is 10.8. The summed E-state index contributed by atoms with van der Waals surface area (Å²) in [6, 6.07) is 13.2. The van der Waals surface area contributed by atoms with Gasteiger partial charge in [-0.2, -0.15) is 0 Å². The van der Waals surface area contributed by atoms with E-state index in [4.69, 9.17) is 5.73 Å². The van der Waals surface area contributed by atoms with E-state index in [9.17, 15) is 9.18 Å². The van der Waals surface area contributed by atoms with Crippen LogP contribution < -0.4 is 10.6 Å². The Morgan fingerprint density at radius 2 is 1.78 bits per heavy atom. The molecule has 3 aromatic rings. The molecule has 2 N–H and O–H groups in total. The summed E-state index contributed by atoms with van der Waals surface area (Å²) in [6.45, 7) is 6.67. The molecule has 1 aromatic heterocycles. The molecule has 1 atom stereocenters. The van der Waals surface area contributed by atoms with Crippen molar-refractivity contribution in [3.63, 3.8) is 0 Å². The fraction of sp³-hybridized carbons (Fsp3) is 0.370. The third kappa shape index (κ3) is 4.58. The van der Waals surface area contributed by atoms with E-state index in [0.29, 0.717) is 12.2 Å². The smallest absolute Gasteiger partial charge is 0.198 e. The van der Waals surface area contributed by atoms with E-state index in [1.165, 1.54) is 42.2 Å². The summed E-state index contributed by atoms with van der Waals surface area (Å²) in [5, 5.41) is 0.233. The number of anilines is 2. The zero-order valence-corrected chi connectivity index (χ0v) is 20.9. The number of halogens is 1. The van der Waals surface area contributed by atoms with Crippen LogP contribution in [0, 0.1) is 5.82 Å². The average molecular weight is 505 g/mol. The summed E-state index contributed by atoms with van der Waals surface area (Å²) in [5.41, 5.74) is 10.3. The zero-order valence-electron chi connectivity index (χ0n) is 20.1. The molecule has 0 aliphatic carbocycles. The molecule has 2 saturated heterocycles. The van der Waals surface area contributed by atoms with Crippen molar-refractivity contribution in [3.8, 4) is 11.1 Å². The van der Waals surface area contributed by atoms with Crippen molar-refractivity contribution in [2.75, 3.05) is 56.4 Å². The molecule has 9 heteroatoms. The predicted molar refractivity (Wildman–Crippen MR) is 140 cm³/mol. The zero-order chi connectivity index (χ0) is 24.6. The van der Waals surface area contributed by atoms with Gasteiger partial charge in [0.2, 0.25) is 0 Å². The minimum atomic E-state index is -0.285. The third-order valence-corrected chi connectivity index (χ3v) is 8.43. The number of nitrogens with zero attached hydrogens (tertiary/aromatic N) is 5. The van der Waals surface area contributed by atoms with Gasteiger partial charge in [0.1, 0.15) is 23.8 Å². The fourth-order valence-electron chi connectivity index (χ4n) is 5.34. The number of piperazine rings is 1. The average Bonchev–Trinajstić information content (AvgIpc) is 3.23. The normalized spacial score (nSPS) is 19.2. The lowest BCUT2D eigenvalue weighted by molar-refractivity contribution is -0.110. The van der Waals surface area contributed by atoms with E-state index in [-0.39, 0.29) is 17.0 Å². The summed E-state index contributed by atoms with van der Waals surface area (Å²) >= 11 is 1.38. The molecule has 3 aliphatic rings. The minimum absolute atomic E-state index is 0.233. The van der Waals surface area contributed by atoms with Gasteiger partial charge in [0.05, 0.1) is 5.56 Å². The molecule has 0 spiro atoms. The van der Waals surface area contributed by atoms with Crippen molar-refractivity contribution < 1.29 is 9.18 Å². The van der Waals surface area contributed by atoms with Crippen molar-refractivity contribution in [3.05, 3.63) is 65.7 Å². The first kappa shape index (κ1) is 23.4. The van der Waals surface area contributed by atoms with Crippen LogP contribution in [0.3, 0.4) is 0 Å². The number of aromatic nitrogens is 2. The Morgan fingerprint density at radius 1 is 1.00 bits per heavy atom. The highest BCUT2D eigenvalue weighted by molar-refractivity contribution is 8.14. The Labute approximate surface area is 214 Å². The van der Waals surface area contributed by atoms with Gasteiger partial charge in [0, 0.05) is 50.1 Å². The first-order valence-electron chi connectivity index (χ1n) is 12.5. The van der Waals surface area contributed by atoms with Gasteiger partial charge in [-0.05, 0) is 54.4 Å². The number of benzene rings is 2. The fourth-order valence-corrected chi connectivity index (χ4v) is 6.28. The van der Waals surface area contributed by atoms with Crippen LogP contribution in [0.1, 0.15) is 23.6 Å². The molecule has 0 radical (unpaired) electrons. The lowest BCUT2D eigenvalue weighted by atomic mass is 9.99. The van der Waals surface area contributed by atoms with Crippen molar-refractivity contribution in [1.82, 2.24) is 19.8 Å². The van der Waals surface area contributed by atoms with E-state index < -0.39 is 0 Å². The summed E-state index contributed by atoms with van der Waals surface area (Å²) < 4.78 is 13.5. The standard InChI is InChI=1S/C27H29FN6OS/c28-21-6-4-18(5-7-21)25-26(29)30-17-31-27(25)34-12-10-33(11-13-34)22(16-32-8-1-9-32)19-2-3-20-15-24(35)36-23(20)14-19/h2-7,14,17,22H,1,8-13,15-16H2,(H2,29,30,31). The molecule has 1 unspecified atom stereocenters. The van der Waals surface area contributed by atoms with Crippen LogP contribution in [0.4, 0.5) is 16.0 Å². The highest BCUT2D eigenvalue weighted by atomic mass is 32.2. The number of rotatable bonds is 6. The van der Waals surface area contributed by atoms with E-state index in [1.807, 2.05) is 0 Å². The van der Waals surface area contributed by atoms with Crippen LogP contribution in [0.15, 0.2) is 53.7 Å². The van der Waals surface area contributed by atoms with Crippen molar-refractivity contribution in [2.45, 2.75) is 23.8 Å². The number of carbonyl (C=O) groups is 1. The van der Waals surface area contributed by atoms with Gasteiger partial charge in [0.15, 0.2) is 5.12 Å². The number of hydrogen-bond acceptors (Lipinski definition) is 8. The van der Waals surface area contributed by atoms with E-state index in [1.54, 1.807) is 12.1 Å². The summed E-state index contributed by atoms with van der Waals surface area (Å²) in [7, 11) is 0. The number of likely N-dealkylation sites (tertiary alicyclic amines) is 1. The lowest BCUT2D eigenvalue weighted by Crippen LogP contribution is -2.51. The van der Waals surface area contributed by atoms with Gasteiger partial charge in [-0.3, -0.25) is 9.69 Å². The van der Waals surface area contributed by atoms with Crippen molar-refractivity contribution in [2.24, 2.45) is 0 Å². The monoisotopic (exact) mass is 504 g/mol. The predicted octanol–water partition coefficient (Wildman–Crippen LogP) is 3.61. The molecule has 2 aromatic carbocycles. The van der Waals surface area contributed by atoms with Crippen molar-refractivity contribution >= 4 is 28.5 Å². The lowest BCUT2D eigenvalue weighted by Gasteiger charge is -2.43. The third-order valence-electron chi connectivity index (χ3n) is 7.46. The number of thioether (sulfide) groups is 1. The highest BCUT2D eigenvalue weighted by Gasteiger charge is 2.31. The SMILES string of the molecule is Nc1ncnc(N2CCN(C(CN3CCC3)c3ccc4c(c3)SC(=O)C4)CC2)c1-c1ccc(F)cc1. The van der Waals surface area contributed by atoms with Crippen molar-refractivity contribution in [1.29, 1.82) is 0 Å². The second-order valence-electron chi connectivity index (χ2n) is 9.68. The molecular formula is C27H29FN6OS. The molecule has 0 amide bonds. The molecule has 7 nitrogen and oxygen atoms in total. The number of carbonyl (C=O) groups excluding carboxylic acids is 1. The van der Waals surface area contributed by atoms with E-state index in [0.717, 1.165) is 73.2 Å². The van der Waals surface area contributed by atoms with Gasteiger partial charge >= 0.3 is 0 Å². The maximum absolute atomic E-state index is 13.5. The summed E-state index contributed by atoms with van der Waals surface area (Å²) in [5.74, 6) is 0.905. The molecule has 6 rings (SSSR count). The van der Waals surface area contributed by atoms with Gasteiger partial charge < -0.3 is 15.5 Å². The largest absolute Gasteiger partial charge is 0.383 e. The maximum Gasteiger partial charge on any atom is 0.198 e. The first-order chi connectivity index (χ1) is 17.5. The Bertz CT molecular complexity index is 1270. The molecule has 4 heterocycles. The van der Waals surface area contributed by atoms with E-state index in [2.05, 4.69) is 42.9 Å². The molecule has 186 valence electrons. The Balaban J connectivity index is 1.23. The number of hydrogen-bond donors (Lipinski definition) is 1. The molecule has 2 fully saturated rings. The van der Waals surface area contributed by atoms with Crippen LogP contribution in [-0.4, -0.2) is 70.7 Å². The Morgan fingerprint density at radius 3 is 2.50 bits per heavy atom. The topological polar surface area (TPSA) is 78.6 Å². The number of fused-ring (bicyclic) bond motifs is 1. The number of nitrogens with two attached hydrogens (primary N) is 1. The van der Waals surface area contributed by atoms with Gasteiger partial charge in [-0.15, -0.1) is 0 Å². The maximum atomic E-state index is 13.5. The number of nitrogen functional groups attached to an aromatic ring is 1. The molecule has 0 saturated carbocycles. The summed E-state index contributed by atoms with van der Waals surface area (Å²) in [6.07, 6.45) is 3.30. The van der Waals surface area contributed by atoms with Crippen LogP contribution in [0.5, 0.6) is 0 Å². The van der Waals surface area contributed by atoms with Gasteiger partial charge in [-0.25, -0.2) is 14.4 Å². The highest BCUT2D eigenvalue weighted by Crippen LogP contribution is 2.37. The van der Waals surface area contributed by atoms with Gasteiger partial charge in [0.25, 0.3) is 0 Å². The second kappa shape index (κ2) is 9.80. The molecule has 3 aliphatic heterocycles. The molecule has 0 bridgehead atoms. The molecule has 36 heavy (non-hydrogen) atoms. The van der Waals surface area contributed by atoms with Crippen LogP contribution in [0.2, 0.25) is 0 Å². The molecular weight excluding hydrogens is 475 g/mol. The summed E-state index contributed by atoms with van der Waals surface area (Å²) in [4.78, 5) is 29.2. The van der Waals surface area contributed by atoms with Gasteiger partial charge in [-0.1, -0.05) is 36.0 Å². The Hall–Kier alpha value is -3.01. The minimum Gasteiger partial charge on any atom is -0.383 e. The van der Waals surface area contributed by atoms with Crippen LogP contribution in [-0.2, 0) is 11.2 Å². The quantitative estimate of drug-likeness (QED) is 0.546. The Kier molecular flexibility index (Phi) is 6.37. The van der Waals surface area contributed by atoms with Crippen LogP contribution >= 0.6 is 11.8 Å². The first-order valence-corrected chi connectivity index (χ1v) is 13.3.